The zero-order valence-corrected chi connectivity index (χ0v) is 8.34. The molecule has 0 radical (unpaired) electrons. The first-order valence-corrected chi connectivity index (χ1v) is 4.59. The fraction of sp³-hybridized carbons (Fsp3) is 0.400. The number of hydrogen-bond donors (Lipinski definition) is 1. The molecule has 0 atom stereocenters. The summed E-state index contributed by atoms with van der Waals surface area (Å²) in [6.45, 7) is 0.188. The van der Waals surface area contributed by atoms with E-state index in [9.17, 15) is 0 Å². The van der Waals surface area contributed by atoms with Gasteiger partial charge in [-0.25, -0.2) is 0 Å². The average molecular weight is 201 g/mol. The normalized spacial score (nSPS) is 10.1. The van der Waals surface area contributed by atoms with E-state index in [1.165, 1.54) is 0 Å². The first kappa shape index (κ1) is 10.4. The average Bonchev–Trinajstić information content (AvgIpc) is 2.16. The lowest BCUT2D eigenvalue weighted by molar-refractivity contribution is 0.288. The maximum atomic E-state index is 8.67. The monoisotopic (exact) mass is 200 g/mol. The van der Waals surface area contributed by atoms with E-state index in [-0.39, 0.29) is 6.61 Å². The number of hydrogen-bond acceptors (Lipinski definition) is 2. The van der Waals surface area contributed by atoms with Gasteiger partial charge in [0.15, 0.2) is 0 Å². The molecule has 0 amide bonds. The molecule has 0 bridgehead atoms. The van der Waals surface area contributed by atoms with Gasteiger partial charge in [0.2, 0.25) is 0 Å². The van der Waals surface area contributed by atoms with Gasteiger partial charge in [-0.2, -0.15) is 0 Å². The topological polar surface area (TPSA) is 29.5 Å². The molecule has 0 unspecified atom stereocenters. The highest BCUT2D eigenvalue weighted by Gasteiger charge is 2.04. The van der Waals surface area contributed by atoms with Crippen LogP contribution in [0.25, 0.3) is 0 Å². The molecular formula is C10H13ClO2. The Balaban J connectivity index is 2.81. The van der Waals surface area contributed by atoms with Crippen molar-refractivity contribution in [3.8, 4) is 5.75 Å². The van der Waals surface area contributed by atoms with E-state index in [4.69, 9.17) is 21.4 Å². The van der Waals surface area contributed by atoms with Crippen molar-refractivity contribution < 1.29 is 9.84 Å². The van der Waals surface area contributed by atoms with Crippen LogP contribution in [0.3, 0.4) is 0 Å². The first-order valence-electron chi connectivity index (χ1n) is 4.22. The molecule has 2 nitrogen and oxygen atoms in total. The molecule has 13 heavy (non-hydrogen) atoms. The van der Waals surface area contributed by atoms with Crippen molar-refractivity contribution in [3.05, 3.63) is 28.8 Å². The van der Waals surface area contributed by atoms with E-state index in [2.05, 4.69) is 0 Å². The fourth-order valence-corrected chi connectivity index (χ4v) is 1.47. The predicted octanol–water partition coefficient (Wildman–Crippen LogP) is 2.27. The van der Waals surface area contributed by atoms with Crippen molar-refractivity contribution in [3.63, 3.8) is 0 Å². The Morgan fingerprint density at radius 2 is 2.23 bits per heavy atom. The van der Waals surface area contributed by atoms with E-state index < -0.39 is 0 Å². The van der Waals surface area contributed by atoms with E-state index in [1.54, 1.807) is 7.11 Å². The second kappa shape index (κ2) is 5.10. The van der Waals surface area contributed by atoms with Crippen LogP contribution in [0, 0.1) is 0 Å². The lowest BCUT2D eigenvalue weighted by Crippen LogP contribution is -1.92. The van der Waals surface area contributed by atoms with Crippen LogP contribution in [0.5, 0.6) is 5.75 Å². The molecule has 1 rings (SSSR count). The van der Waals surface area contributed by atoms with E-state index >= 15 is 0 Å². The lowest BCUT2D eigenvalue weighted by atomic mass is 10.1. The van der Waals surface area contributed by atoms with E-state index in [0.29, 0.717) is 10.8 Å². The van der Waals surface area contributed by atoms with Crippen LogP contribution in [0.15, 0.2) is 18.2 Å². The van der Waals surface area contributed by atoms with Gasteiger partial charge in [-0.15, -0.1) is 0 Å². The summed E-state index contributed by atoms with van der Waals surface area (Å²) in [7, 11) is 1.59. The number of halogens is 1. The highest BCUT2D eigenvalue weighted by Crippen LogP contribution is 2.28. The number of aliphatic hydroxyl groups is 1. The molecule has 1 aromatic rings. The van der Waals surface area contributed by atoms with Crippen LogP contribution in [-0.2, 0) is 6.42 Å². The first-order chi connectivity index (χ1) is 6.29. The summed E-state index contributed by atoms with van der Waals surface area (Å²) < 4.78 is 5.07. The van der Waals surface area contributed by atoms with Crippen molar-refractivity contribution in [1.82, 2.24) is 0 Å². The van der Waals surface area contributed by atoms with Gasteiger partial charge < -0.3 is 9.84 Å². The minimum Gasteiger partial charge on any atom is -0.495 e. The highest BCUT2D eigenvalue weighted by atomic mass is 35.5. The Kier molecular flexibility index (Phi) is 4.06. The van der Waals surface area contributed by atoms with Crippen molar-refractivity contribution >= 4 is 11.6 Å². The maximum Gasteiger partial charge on any atom is 0.137 e. The summed E-state index contributed by atoms with van der Waals surface area (Å²) in [4.78, 5) is 0. The zero-order valence-electron chi connectivity index (χ0n) is 7.59. The quantitative estimate of drug-likeness (QED) is 0.808. The van der Waals surface area contributed by atoms with Crippen molar-refractivity contribution in [2.24, 2.45) is 0 Å². The molecule has 0 saturated heterocycles. The Bertz CT molecular complexity index is 274. The van der Waals surface area contributed by atoms with Gasteiger partial charge in [0.25, 0.3) is 0 Å². The predicted molar refractivity (Wildman–Crippen MR) is 53.4 cm³/mol. The third-order valence-electron chi connectivity index (χ3n) is 1.87. The van der Waals surface area contributed by atoms with Crippen LogP contribution < -0.4 is 4.74 Å². The van der Waals surface area contributed by atoms with Crippen molar-refractivity contribution in [1.29, 1.82) is 0 Å². The third kappa shape index (κ3) is 2.61. The molecule has 0 aliphatic heterocycles. The molecule has 0 aromatic heterocycles. The Morgan fingerprint density at radius 3 is 2.85 bits per heavy atom. The van der Waals surface area contributed by atoms with E-state index in [1.807, 2.05) is 18.2 Å². The van der Waals surface area contributed by atoms with Crippen molar-refractivity contribution in [2.45, 2.75) is 12.8 Å². The molecule has 3 heteroatoms. The lowest BCUT2D eigenvalue weighted by Gasteiger charge is -2.07. The molecule has 0 heterocycles. The molecule has 0 aliphatic rings. The summed E-state index contributed by atoms with van der Waals surface area (Å²) in [5, 5.41) is 9.32. The minimum absolute atomic E-state index is 0.188. The SMILES string of the molecule is COc1cccc(CCCO)c1Cl. The van der Waals surface area contributed by atoms with Gasteiger partial charge in [-0.1, -0.05) is 23.7 Å². The molecule has 0 aliphatic carbocycles. The molecular weight excluding hydrogens is 188 g/mol. The number of methoxy groups -OCH3 is 1. The molecule has 0 fully saturated rings. The number of aryl methyl sites for hydroxylation is 1. The summed E-state index contributed by atoms with van der Waals surface area (Å²) in [6, 6.07) is 5.67. The Morgan fingerprint density at radius 1 is 1.46 bits per heavy atom. The second-order valence-electron chi connectivity index (χ2n) is 2.76. The smallest absolute Gasteiger partial charge is 0.137 e. The van der Waals surface area contributed by atoms with Crippen LogP contribution >= 0.6 is 11.6 Å². The second-order valence-corrected chi connectivity index (χ2v) is 3.14. The van der Waals surface area contributed by atoms with Crippen LogP contribution in [0.2, 0.25) is 5.02 Å². The molecule has 1 N–H and O–H groups in total. The summed E-state index contributed by atoms with van der Waals surface area (Å²) in [5.74, 6) is 0.692. The van der Waals surface area contributed by atoms with Gasteiger partial charge in [0.1, 0.15) is 5.75 Å². The summed E-state index contributed by atoms with van der Waals surface area (Å²) in [5.41, 5.74) is 1.02. The number of aliphatic hydroxyl groups excluding tert-OH is 1. The number of rotatable bonds is 4. The zero-order chi connectivity index (χ0) is 9.68. The molecule has 1 aromatic carbocycles. The third-order valence-corrected chi connectivity index (χ3v) is 2.30. The largest absolute Gasteiger partial charge is 0.495 e. The van der Waals surface area contributed by atoms with Gasteiger partial charge in [-0.3, -0.25) is 0 Å². The molecule has 0 spiro atoms. The fourth-order valence-electron chi connectivity index (χ4n) is 1.18. The highest BCUT2D eigenvalue weighted by molar-refractivity contribution is 6.32. The van der Waals surface area contributed by atoms with Gasteiger partial charge in [0.05, 0.1) is 12.1 Å². The van der Waals surface area contributed by atoms with Crippen LogP contribution in [0.4, 0.5) is 0 Å². The number of ether oxygens (including phenoxy) is 1. The Hall–Kier alpha value is -0.730. The molecule has 0 saturated carbocycles. The van der Waals surface area contributed by atoms with Gasteiger partial charge in [0, 0.05) is 6.61 Å². The maximum absolute atomic E-state index is 8.67. The van der Waals surface area contributed by atoms with Crippen LogP contribution in [-0.4, -0.2) is 18.8 Å². The molecule has 72 valence electrons. The summed E-state index contributed by atoms with van der Waals surface area (Å²) >= 11 is 6.04. The van der Waals surface area contributed by atoms with E-state index in [0.717, 1.165) is 18.4 Å². The van der Waals surface area contributed by atoms with Crippen LogP contribution in [0.1, 0.15) is 12.0 Å². The minimum atomic E-state index is 0.188. The van der Waals surface area contributed by atoms with Gasteiger partial charge >= 0.3 is 0 Å². The standard InChI is InChI=1S/C10H13ClO2/c1-13-9-6-2-4-8(10(9)11)5-3-7-12/h2,4,6,12H,3,5,7H2,1H3. The Labute approximate surface area is 83.1 Å². The summed E-state index contributed by atoms with van der Waals surface area (Å²) in [6.07, 6.45) is 1.51. The number of benzene rings is 1. The van der Waals surface area contributed by atoms with Gasteiger partial charge in [-0.05, 0) is 24.5 Å². The van der Waals surface area contributed by atoms with Crippen molar-refractivity contribution in [2.75, 3.05) is 13.7 Å².